The first-order valence-electron chi connectivity index (χ1n) is 9.16. The van der Waals surface area contributed by atoms with Gasteiger partial charge in [0, 0.05) is 17.8 Å². The highest BCUT2D eigenvalue weighted by atomic mass is 16.5. The third-order valence-electron chi connectivity index (χ3n) is 4.90. The van der Waals surface area contributed by atoms with Gasteiger partial charge < -0.3 is 14.7 Å². The number of urea groups is 1. The lowest BCUT2D eigenvalue weighted by Crippen LogP contribution is -2.34. The van der Waals surface area contributed by atoms with Crippen molar-refractivity contribution in [2.24, 2.45) is 0 Å². The van der Waals surface area contributed by atoms with Gasteiger partial charge in [-0.3, -0.25) is 0 Å². The molecule has 138 valence electrons. The summed E-state index contributed by atoms with van der Waals surface area (Å²) < 4.78 is 5.52. The number of amides is 2. The van der Waals surface area contributed by atoms with Gasteiger partial charge in [-0.2, -0.15) is 4.98 Å². The lowest BCUT2D eigenvalue weighted by molar-refractivity contribution is 0.193. The molecule has 1 aliphatic heterocycles. The van der Waals surface area contributed by atoms with Crippen LogP contribution in [-0.4, -0.2) is 27.6 Å². The Bertz CT molecular complexity index is 966. The van der Waals surface area contributed by atoms with Crippen LogP contribution in [0.5, 0.6) is 0 Å². The summed E-state index contributed by atoms with van der Waals surface area (Å²) in [5, 5.41) is 7.11. The Morgan fingerprint density at radius 1 is 1.19 bits per heavy atom. The predicted octanol–water partition coefficient (Wildman–Crippen LogP) is 4.72. The number of anilines is 1. The Hall–Kier alpha value is -3.15. The van der Waals surface area contributed by atoms with Crippen LogP contribution in [0, 0.1) is 13.8 Å². The second-order valence-corrected chi connectivity index (χ2v) is 6.92. The van der Waals surface area contributed by atoms with Crippen LogP contribution in [0.4, 0.5) is 10.5 Å². The standard InChI is InChI=1S/C21H22N4O2/c1-14-7-5-9-16(13-14)22-21(26)25-12-6-11-18(25)20-23-19(24-27-20)17-10-4-3-8-15(17)2/h3-5,7-10,13,18H,6,11-12H2,1-2H3,(H,22,26). The molecule has 1 atom stereocenters. The van der Waals surface area contributed by atoms with Crippen molar-refractivity contribution in [2.45, 2.75) is 32.7 Å². The summed E-state index contributed by atoms with van der Waals surface area (Å²) >= 11 is 0. The number of rotatable bonds is 3. The van der Waals surface area contributed by atoms with Crippen molar-refractivity contribution < 1.29 is 9.32 Å². The zero-order valence-electron chi connectivity index (χ0n) is 15.5. The van der Waals surface area contributed by atoms with Gasteiger partial charge in [0.2, 0.25) is 11.7 Å². The third-order valence-corrected chi connectivity index (χ3v) is 4.90. The summed E-state index contributed by atoms with van der Waals surface area (Å²) in [4.78, 5) is 19.1. The van der Waals surface area contributed by atoms with E-state index < -0.39 is 0 Å². The SMILES string of the molecule is Cc1cccc(NC(=O)N2CCCC2c2nc(-c3ccccc3C)no2)c1. The summed E-state index contributed by atoms with van der Waals surface area (Å²) in [6.07, 6.45) is 1.73. The molecule has 1 saturated heterocycles. The van der Waals surface area contributed by atoms with E-state index in [9.17, 15) is 4.79 Å². The summed E-state index contributed by atoms with van der Waals surface area (Å²) in [7, 11) is 0. The molecule has 1 unspecified atom stereocenters. The minimum absolute atomic E-state index is 0.140. The molecule has 6 nitrogen and oxygen atoms in total. The van der Waals surface area contributed by atoms with Crippen LogP contribution in [0.25, 0.3) is 11.4 Å². The van der Waals surface area contributed by atoms with Crippen molar-refractivity contribution in [3.05, 3.63) is 65.5 Å². The molecule has 2 heterocycles. The molecule has 3 aromatic rings. The van der Waals surface area contributed by atoms with Crippen molar-refractivity contribution >= 4 is 11.7 Å². The molecule has 2 amide bonds. The number of carbonyl (C=O) groups is 1. The average molecular weight is 362 g/mol. The highest BCUT2D eigenvalue weighted by molar-refractivity contribution is 5.89. The maximum Gasteiger partial charge on any atom is 0.322 e. The lowest BCUT2D eigenvalue weighted by Gasteiger charge is -2.22. The Labute approximate surface area is 158 Å². The Morgan fingerprint density at radius 3 is 2.85 bits per heavy atom. The second-order valence-electron chi connectivity index (χ2n) is 6.92. The molecular weight excluding hydrogens is 340 g/mol. The van der Waals surface area contributed by atoms with E-state index in [1.807, 2.05) is 62.4 Å². The van der Waals surface area contributed by atoms with E-state index in [-0.39, 0.29) is 12.1 Å². The Balaban J connectivity index is 1.53. The van der Waals surface area contributed by atoms with Gasteiger partial charge in [0.1, 0.15) is 6.04 Å². The first-order chi connectivity index (χ1) is 13.1. The van der Waals surface area contributed by atoms with Crippen LogP contribution in [0.2, 0.25) is 0 Å². The minimum atomic E-state index is -0.194. The largest absolute Gasteiger partial charge is 0.337 e. The smallest absolute Gasteiger partial charge is 0.322 e. The van der Waals surface area contributed by atoms with Crippen molar-refractivity contribution in [1.29, 1.82) is 0 Å². The molecule has 0 aliphatic carbocycles. The van der Waals surface area contributed by atoms with Gasteiger partial charge >= 0.3 is 6.03 Å². The molecular formula is C21H22N4O2. The molecule has 0 bridgehead atoms. The van der Waals surface area contributed by atoms with Crippen LogP contribution in [0.15, 0.2) is 53.1 Å². The Morgan fingerprint density at radius 2 is 2.04 bits per heavy atom. The monoisotopic (exact) mass is 362 g/mol. The van der Waals surface area contributed by atoms with Crippen LogP contribution in [0.1, 0.15) is 35.9 Å². The molecule has 1 aliphatic rings. The molecule has 1 fully saturated rings. The van der Waals surface area contributed by atoms with E-state index >= 15 is 0 Å². The molecule has 0 radical (unpaired) electrons. The zero-order valence-corrected chi connectivity index (χ0v) is 15.5. The number of aryl methyl sites for hydroxylation is 2. The normalized spacial score (nSPS) is 16.5. The van der Waals surface area contributed by atoms with E-state index in [4.69, 9.17) is 4.52 Å². The summed E-state index contributed by atoms with van der Waals surface area (Å²) in [6.45, 7) is 4.69. The molecule has 0 saturated carbocycles. The number of likely N-dealkylation sites (tertiary alicyclic amines) is 1. The summed E-state index contributed by atoms with van der Waals surface area (Å²) in [6, 6.07) is 15.4. The first kappa shape index (κ1) is 17.3. The van der Waals surface area contributed by atoms with Crippen LogP contribution in [0.3, 0.4) is 0 Å². The predicted molar refractivity (Wildman–Crippen MR) is 103 cm³/mol. The molecule has 4 rings (SSSR count). The molecule has 27 heavy (non-hydrogen) atoms. The summed E-state index contributed by atoms with van der Waals surface area (Å²) in [5.41, 5.74) is 3.92. The fourth-order valence-electron chi connectivity index (χ4n) is 3.49. The molecule has 0 spiro atoms. The van der Waals surface area contributed by atoms with Gasteiger partial charge in [0.25, 0.3) is 0 Å². The van der Waals surface area contributed by atoms with E-state index in [2.05, 4.69) is 15.5 Å². The first-order valence-corrected chi connectivity index (χ1v) is 9.16. The van der Waals surface area contributed by atoms with E-state index in [0.29, 0.717) is 18.3 Å². The fourth-order valence-corrected chi connectivity index (χ4v) is 3.49. The number of carbonyl (C=O) groups excluding carboxylic acids is 1. The number of hydrogen-bond donors (Lipinski definition) is 1. The van der Waals surface area contributed by atoms with E-state index in [1.165, 1.54) is 0 Å². The quantitative estimate of drug-likeness (QED) is 0.732. The fraction of sp³-hybridized carbons (Fsp3) is 0.286. The molecule has 6 heteroatoms. The minimum Gasteiger partial charge on any atom is -0.337 e. The zero-order chi connectivity index (χ0) is 18.8. The van der Waals surface area contributed by atoms with Crippen LogP contribution < -0.4 is 5.32 Å². The van der Waals surface area contributed by atoms with E-state index in [0.717, 1.165) is 35.2 Å². The highest BCUT2D eigenvalue weighted by Gasteiger charge is 2.34. The molecule has 2 aromatic carbocycles. The van der Waals surface area contributed by atoms with Crippen LogP contribution in [-0.2, 0) is 0 Å². The van der Waals surface area contributed by atoms with Gasteiger partial charge in [-0.1, -0.05) is 41.6 Å². The number of benzene rings is 2. The van der Waals surface area contributed by atoms with Gasteiger partial charge in [-0.05, 0) is 49.9 Å². The van der Waals surface area contributed by atoms with Gasteiger partial charge in [-0.25, -0.2) is 4.79 Å². The van der Waals surface area contributed by atoms with Gasteiger partial charge in [-0.15, -0.1) is 0 Å². The number of aromatic nitrogens is 2. The third kappa shape index (κ3) is 3.56. The number of hydrogen-bond acceptors (Lipinski definition) is 4. The van der Waals surface area contributed by atoms with Crippen molar-refractivity contribution in [1.82, 2.24) is 15.0 Å². The van der Waals surface area contributed by atoms with Crippen molar-refractivity contribution in [3.63, 3.8) is 0 Å². The highest BCUT2D eigenvalue weighted by Crippen LogP contribution is 2.33. The van der Waals surface area contributed by atoms with Crippen LogP contribution >= 0.6 is 0 Å². The topological polar surface area (TPSA) is 71.3 Å². The number of nitrogens with zero attached hydrogens (tertiary/aromatic N) is 3. The van der Waals surface area contributed by atoms with Gasteiger partial charge in [0.05, 0.1) is 0 Å². The van der Waals surface area contributed by atoms with Crippen molar-refractivity contribution in [2.75, 3.05) is 11.9 Å². The number of nitrogens with one attached hydrogen (secondary N) is 1. The molecule has 1 aromatic heterocycles. The Kier molecular flexibility index (Phi) is 4.62. The van der Waals surface area contributed by atoms with Gasteiger partial charge in [0.15, 0.2) is 0 Å². The summed E-state index contributed by atoms with van der Waals surface area (Å²) in [5.74, 6) is 1.05. The maximum absolute atomic E-state index is 12.8. The van der Waals surface area contributed by atoms with E-state index in [1.54, 1.807) is 4.90 Å². The molecule has 1 N–H and O–H groups in total. The lowest BCUT2D eigenvalue weighted by atomic mass is 10.1. The van der Waals surface area contributed by atoms with Crippen molar-refractivity contribution in [3.8, 4) is 11.4 Å². The maximum atomic E-state index is 12.8. The second kappa shape index (κ2) is 7.23. The average Bonchev–Trinajstić information content (AvgIpc) is 3.31.